The smallest absolute Gasteiger partial charge is 0.379 e. The lowest BCUT2D eigenvalue weighted by molar-refractivity contribution is -0.136. The Kier molecular flexibility index (Phi) is 9.78. The summed E-state index contributed by atoms with van der Waals surface area (Å²) < 4.78 is 74.2. The predicted octanol–water partition coefficient (Wildman–Crippen LogP) is 5.54. The number of amides is 1. The maximum atomic E-state index is 13.8. The third-order valence-electron chi connectivity index (χ3n) is 6.81. The molecule has 0 saturated carbocycles. The zero-order chi connectivity index (χ0) is 29.2. The van der Waals surface area contributed by atoms with Crippen molar-refractivity contribution in [2.45, 2.75) is 11.1 Å². The molecule has 5 rings (SSSR count). The van der Waals surface area contributed by atoms with E-state index in [9.17, 15) is 26.4 Å². The first-order chi connectivity index (χ1) is 19.6. The first kappa shape index (κ1) is 31.7. The molecule has 8 nitrogen and oxygen atoms in total. The summed E-state index contributed by atoms with van der Waals surface area (Å²) in [4.78, 5) is 21.5. The molecule has 0 aliphatic carbocycles. The van der Waals surface area contributed by atoms with Crippen molar-refractivity contribution in [2.24, 2.45) is 0 Å². The number of fused-ring (bicyclic) bond motifs is 1. The van der Waals surface area contributed by atoms with Gasteiger partial charge in [0.15, 0.2) is 5.13 Å². The number of thiazole rings is 1. The van der Waals surface area contributed by atoms with Gasteiger partial charge in [0.25, 0.3) is 15.9 Å². The van der Waals surface area contributed by atoms with Crippen molar-refractivity contribution in [3.05, 3.63) is 83.9 Å². The van der Waals surface area contributed by atoms with Crippen LogP contribution < -0.4 is 9.21 Å². The average Bonchev–Trinajstić information content (AvgIpc) is 3.41. The van der Waals surface area contributed by atoms with E-state index in [0.717, 1.165) is 21.7 Å². The van der Waals surface area contributed by atoms with Gasteiger partial charge < -0.3 is 4.74 Å². The summed E-state index contributed by atoms with van der Waals surface area (Å²) in [5, 5.41) is 0.135. The lowest BCUT2D eigenvalue weighted by Crippen LogP contribution is -2.43. The van der Waals surface area contributed by atoms with Crippen LogP contribution in [0.15, 0.2) is 77.7 Å². The Hall–Kier alpha value is -3.23. The second-order valence-corrected chi connectivity index (χ2v) is 12.4. The normalized spacial score (nSPS) is 14.4. The molecular formula is C28H28ClF3N4O4S2. The molecule has 2 heterocycles. The molecule has 0 spiro atoms. The Morgan fingerprint density at radius 2 is 1.67 bits per heavy atom. The van der Waals surface area contributed by atoms with Gasteiger partial charge in [-0.2, -0.15) is 13.2 Å². The molecule has 4 aromatic rings. The van der Waals surface area contributed by atoms with Crippen molar-refractivity contribution in [3.8, 4) is 0 Å². The molecule has 3 aromatic carbocycles. The van der Waals surface area contributed by atoms with Crippen LogP contribution in [0.4, 0.5) is 24.0 Å². The predicted molar refractivity (Wildman–Crippen MR) is 159 cm³/mol. The van der Waals surface area contributed by atoms with Gasteiger partial charge in [0.1, 0.15) is 0 Å². The van der Waals surface area contributed by atoms with Crippen molar-refractivity contribution in [3.63, 3.8) is 0 Å². The molecule has 0 unspecified atom stereocenters. The molecular weight excluding hydrogens is 613 g/mol. The van der Waals surface area contributed by atoms with Crippen molar-refractivity contribution in [1.29, 1.82) is 0 Å². The van der Waals surface area contributed by atoms with Gasteiger partial charge in [-0.3, -0.25) is 18.9 Å². The highest BCUT2D eigenvalue weighted by Gasteiger charge is 2.34. The summed E-state index contributed by atoms with van der Waals surface area (Å²) >= 11 is 1.00. The number of morpholine rings is 1. The molecule has 1 saturated heterocycles. The monoisotopic (exact) mass is 640 g/mol. The van der Waals surface area contributed by atoms with Crippen LogP contribution in [0.1, 0.15) is 15.9 Å². The number of nitrogens with zero attached hydrogens (tertiary/aromatic N) is 4. The van der Waals surface area contributed by atoms with Gasteiger partial charge in [0.05, 0.1) is 39.6 Å². The van der Waals surface area contributed by atoms with Crippen LogP contribution in [-0.2, 0) is 20.9 Å². The number of sulfonamides is 1. The third kappa shape index (κ3) is 6.70. The summed E-state index contributed by atoms with van der Waals surface area (Å²) in [6.45, 7) is 3.08. The Morgan fingerprint density at radius 1 is 1.00 bits per heavy atom. The van der Waals surface area contributed by atoms with E-state index in [4.69, 9.17) is 4.74 Å². The average molecular weight is 641 g/mol. The number of hydrogen-bond acceptors (Lipinski definition) is 7. The van der Waals surface area contributed by atoms with Gasteiger partial charge in [-0.1, -0.05) is 35.6 Å². The van der Waals surface area contributed by atoms with Crippen molar-refractivity contribution in [1.82, 2.24) is 9.88 Å². The number of halogens is 4. The second kappa shape index (κ2) is 13.0. The second-order valence-electron chi connectivity index (χ2n) is 9.39. The van der Waals surface area contributed by atoms with Gasteiger partial charge >= 0.3 is 6.18 Å². The summed E-state index contributed by atoms with van der Waals surface area (Å²) in [6, 6.07) is 17.9. The Morgan fingerprint density at radius 3 is 2.31 bits per heavy atom. The number of rotatable bonds is 8. The molecule has 1 amide bonds. The molecule has 0 atom stereocenters. The third-order valence-corrected chi connectivity index (χ3v) is 9.66. The lowest BCUT2D eigenvalue weighted by Gasteiger charge is -2.29. The number of alkyl halides is 3. The van der Waals surface area contributed by atoms with Crippen molar-refractivity contribution in [2.75, 3.05) is 55.6 Å². The van der Waals surface area contributed by atoms with Crippen LogP contribution in [-0.4, -0.2) is 70.6 Å². The maximum absolute atomic E-state index is 13.8. The molecule has 1 fully saturated rings. The number of aromatic nitrogens is 1. The number of para-hydroxylation sites is 2. The number of carbonyl (C=O) groups excluding carboxylic acids is 1. The number of benzene rings is 3. The highest BCUT2D eigenvalue weighted by molar-refractivity contribution is 7.92. The highest BCUT2D eigenvalue weighted by atomic mass is 35.5. The summed E-state index contributed by atoms with van der Waals surface area (Å²) in [5.74, 6) is -0.494. The minimum Gasteiger partial charge on any atom is -0.379 e. The summed E-state index contributed by atoms with van der Waals surface area (Å²) in [6.07, 6.45) is -4.60. The van der Waals surface area contributed by atoms with E-state index in [0.29, 0.717) is 43.2 Å². The first-order valence-corrected chi connectivity index (χ1v) is 15.0. The largest absolute Gasteiger partial charge is 0.418 e. The zero-order valence-corrected chi connectivity index (χ0v) is 24.9. The fourth-order valence-electron chi connectivity index (χ4n) is 4.49. The van der Waals surface area contributed by atoms with Gasteiger partial charge in [0.2, 0.25) is 0 Å². The van der Waals surface area contributed by atoms with Crippen molar-refractivity contribution >= 4 is 60.7 Å². The minimum atomic E-state index is -4.60. The van der Waals surface area contributed by atoms with Crippen LogP contribution in [0, 0.1) is 0 Å². The quantitative estimate of drug-likeness (QED) is 0.252. The van der Waals surface area contributed by atoms with Crippen molar-refractivity contribution < 1.29 is 31.1 Å². The molecule has 1 aromatic heterocycles. The topological polar surface area (TPSA) is 83.1 Å². The minimum absolute atomic E-state index is 0. The fourth-order valence-corrected chi connectivity index (χ4v) is 6.70. The maximum Gasteiger partial charge on any atom is 0.418 e. The van der Waals surface area contributed by atoms with Crippen LogP contribution in [0.3, 0.4) is 0 Å². The zero-order valence-electron chi connectivity index (χ0n) is 22.5. The van der Waals surface area contributed by atoms with E-state index < -0.39 is 27.7 Å². The molecule has 42 heavy (non-hydrogen) atoms. The molecule has 0 radical (unpaired) electrons. The lowest BCUT2D eigenvalue weighted by atomic mass is 10.2. The number of carbonyl (C=O) groups is 1. The van der Waals surface area contributed by atoms with Gasteiger partial charge in [-0.05, 0) is 48.5 Å². The number of anilines is 2. The van der Waals surface area contributed by atoms with Crippen LogP contribution >= 0.6 is 23.7 Å². The highest BCUT2D eigenvalue weighted by Crippen LogP contribution is 2.38. The molecule has 224 valence electrons. The van der Waals surface area contributed by atoms with Gasteiger partial charge in [-0.15, -0.1) is 12.4 Å². The first-order valence-electron chi connectivity index (χ1n) is 12.8. The van der Waals surface area contributed by atoms with Crippen LogP contribution in [0.5, 0.6) is 0 Å². The van der Waals surface area contributed by atoms with E-state index in [1.165, 1.54) is 42.3 Å². The Bertz CT molecular complexity index is 1630. The molecule has 1 aliphatic heterocycles. The van der Waals surface area contributed by atoms with E-state index in [2.05, 4.69) is 9.88 Å². The van der Waals surface area contributed by atoms with Crippen LogP contribution in [0.2, 0.25) is 0 Å². The van der Waals surface area contributed by atoms with E-state index in [1.54, 1.807) is 36.4 Å². The summed E-state index contributed by atoms with van der Waals surface area (Å²) in [7, 11) is -2.45. The van der Waals surface area contributed by atoms with Gasteiger partial charge in [0, 0.05) is 38.8 Å². The molecule has 1 aliphatic rings. The van der Waals surface area contributed by atoms with E-state index >= 15 is 0 Å². The van der Waals surface area contributed by atoms with Crippen LogP contribution in [0.25, 0.3) is 10.2 Å². The number of hydrogen-bond donors (Lipinski definition) is 0. The standard InChI is InChI=1S/C28H27F3N4O4S2.ClH/c1-33(21-6-3-2-4-7-21)41(37,38)22-12-10-20(11-13-22)26(36)35(15-14-34-16-18-39-19-17-34)27-32-25-23(28(29,30)31)8-5-9-24(25)40-27;/h2-13H,14-19H2,1H3;1H. The molecule has 0 N–H and O–H groups in total. The van der Waals surface area contributed by atoms with E-state index in [1.807, 2.05) is 0 Å². The molecule has 14 heteroatoms. The SMILES string of the molecule is CN(c1ccccc1)S(=O)(=O)c1ccc(C(=O)N(CCN2CCOCC2)c2nc3c(C(F)(F)F)cccc3s2)cc1.Cl. The Balaban J connectivity index is 0.00000405. The Labute approximate surface area is 251 Å². The molecule has 0 bridgehead atoms. The summed E-state index contributed by atoms with van der Waals surface area (Å²) in [5.41, 5.74) is -0.413. The fraction of sp³-hybridized carbons (Fsp3) is 0.286. The van der Waals surface area contributed by atoms with E-state index in [-0.39, 0.29) is 40.1 Å². The van der Waals surface area contributed by atoms with Gasteiger partial charge in [-0.25, -0.2) is 13.4 Å². The number of ether oxygens (including phenoxy) is 1.